The van der Waals surface area contributed by atoms with E-state index < -0.39 is 0 Å². The average Bonchev–Trinajstić information content (AvgIpc) is 2.99. The molecule has 0 radical (unpaired) electrons. The molecule has 0 aromatic heterocycles. The van der Waals surface area contributed by atoms with Crippen molar-refractivity contribution in [3.63, 3.8) is 0 Å². The number of amides is 2. The Hall–Kier alpha value is -1.06. The Morgan fingerprint density at radius 2 is 2.18 bits per heavy atom. The van der Waals surface area contributed by atoms with Crippen LogP contribution in [0.1, 0.15) is 39.5 Å². The van der Waals surface area contributed by atoms with E-state index in [-0.39, 0.29) is 11.8 Å². The number of hydrogen-bond acceptors (Lipinski definition) is 2. The van der Waals surface area contributed by atoms with Gasteiger partial charge in [-0.1, -0.05) is 13.8 Å². The molecule has 17 heavy (non-hydrogen) atoms. The lowest BCUT2D eigenvalue weighted by Gasteiger charge is -2.15. The van der Waals surface area contributed by atoms with Gasteiger partial charge in [0.1, 0.15) is 0 Å². The van der Waals surface area contributed by atoms with Crippen molar-refractivity contribution in [3.8, 4) is 0 Å². The monoisotopic (exact) mass is 238 g/mol. The first-order valence-corrected chi connectivity index (χ1v) is 6.62. The second kappa shape index (κ2) is 5.07. The quantitative estimate of drug-likeness (QED) is 0.781. The van der Waals surface area contributed by atoms with Crippen LogP contribution in [0.15, 0.2) is 0 Å². The maximum atomic E-state index is 11.7. The van der Waals surface area contributed by atoms with Gasteiger partial charge in [0.2, 0.25) is 11.8 Å². The summed E-state index contributed by atoms with van der Waals surface area (Å²) in [7, 11) is 0. The third kappa shape index (κ3) is 3.45. The maximum absolute atomic E-state index is 11.7. The van der Waals surface area contributed by atoms with Crippen molar-refractivity contribution in [2.24, 2.45) is 11.8 Å². The van der Waals surface area contributed by atoms with Crippen LogP contribution < -0.4 is 5.32 Å². The van der Waals surface area contributed by atoms with Gasteiger partial charge in [-0.3, -0.25) is 9.59 Å². The van der Waals surface area contributed by atoms with Crippen molar-refractivity contribution in [2.75, 3.05) is 13.1 Å². The molecule has 0 bridgehead atoms. The fourth-order valence-corrected chi connectivity index (χ4v) is 2.39. The van der Waals surface area contributed by atoms with E-state index in [1.807, 2.05) is 18.7 Å². The smallest absolute Gasteiger partial charge is 0.223 e. The van der Waals surface area contributed by atoms with Crippen LogP contribution in [0.2, 0.25) is 0 Å². The number of carbonyl (C=O) groups excluding carboxylic acids is 2. The van der Waals surface area contributed by atoms with Gasteiger partial charge in [0, 0.05) is 37.9 Å². The van der Waals surface area contributed by atoms with E-state index in [9.17, 15) is 9.59 Å². The molecule has 1 N–H and O–H groups in total. The highest BCUT2D eigenvalue weighted by Crippen LogP contribution is 2.32. The van der Waals surface area contributed by atoms with Gasteiger partial charge in [0.15, 0.2) is 0 Å². The fourth-order valence-electron chi connectivity index (χ4n) is 2.39. The topological polar surface area (TPSA) is 49.4 Å². The van der Waals surface area contributed by atoms with Crippen molar-refractivity contribution in [3.05, 3.63) is 0 Å². The summed E-state index contributed by atoms with van der Waals surface area (Å²) in [4.78, 5) is 25.2. The first-order chi connectivity index (χ1) is 8.06. The summed E-state index contributed by atoms with van der Waals surface area (Å²) in [5.74, 6) is 1.09. The largest absolute Gasteiger partial charge is 0.356 e. The van der Waals surface area contributed by atoms with Crippen LogP contribution in [0.4, 0.5) is 0 Å². The van der Waals surface area contributed by atoms with Gasteiger partial charge in [-0.15, -0.1) is 0 Å². The molecule has 1 heterocycles. The Kier molecular flexibility index (Phi) is 3.69. The molecule has 0 aromatic rings. The molecule has 1 saturated carbocycles. The van der Waals surface area contributed by atoms with Gasteiger partial charge in [-0.2, -0.15) is 0 Å². The standard InChI is InChI=1S/C13H22N2O2/c1-9(2)5-12(16)14-7-10-6-13(17)15(8-10)11-3-4-11/h9-11H,3-8H2,1-2H3,(H,14,16). The highest BCUT2D eigenvalue weighted by molar-refractivity contribution is 5.80. The molecule has 1 atom stereocenters. The van der Waals surface area contributed by atoms with Gasteiger partial charge < -0.3 is 10.2 Å². The highest BCUT2D eigenvalue weighted by atomic mass is 16.2. The molecule has 0 spiro atoms. The van der Waals surface area contributed by atoms with Gasteiger partial charge >= 0.3 is 0 Å². The Morgan fingerprint density at radius 1 is 1.47 bits per heavy atom. The lowest BCUT2D eigenvalue weighted by molar-refractivity contribution is -0.128. The first kappa shape index (κ1) is 12.4. The average molecular weight is 238 g/mol. The molecule has 4 nitrogen and oxygen atoms in total. The van der Waals surface area contributed by atoms with E-state index in [1.165, 1.54) is 0 Å². The van der Waals surface area contributed by atoms with Crippen LogP contribution in [-0.4, -0.2) is 35.8 Å². The zero-order valence-electron chi connectivity index (χ0n) is 10.7. The SMILES string of the molecule is CC(C)CC(=O)NCC1CC(=O)N(C2CC2)C1. The molecular weight excluding hydrogens is 216 g/mol. The molecule has 1 aliphatic carbocycles. The maximum Gasteiger partial charge on any atom is 0.223 e. The van der Waals surface area contributed by atoms with Crippen LogP contribution in [-0.2, 0) is 9.59 Å². The third-order valence-corrected chi connectivity index (χ3v) is 3.41. The molecule has 1 aliphatic heterocycles. The Morgan fingerprint density at radius 3 is 2.76 bits per heavy atom. The molecule has 4 heteroatoms. The Bertz CT molecular complexity index is 311. The Labute approximate surface area is 103 Å². The van der Waals surface area contributed by atoms with E-state index in [2.05, 4.69) is 5.32 Å². The van der Waals surface area contributed by atoms with E-state index >= 15 is 0 Å². The summed E-state index contributed by atoms with van der Waals surface area (Å²) in [6.45, 7) is 5.56. The minimum atomic E-state index is 0.109. The van der Waals surface area contributed by atoms with Gasteiger partial charge in [-0.25, -0.2) is 0 Å². The predicted molar refractivity (Wildman–Crippen MR) is 65.3 cm³/mol. The fraction of sp³-hybridized carbons (Fsp3) is 0.846. The molecule has 1 saturated heterocycles. The van der Waals surface area contributed by atoms with Crippen LogP contribution in [0, 0.1) is 11.8 Å². The lowest BCUT2D eigenvalue weighted by Crippen LogP contribution is -2.32. The zero-order chi connectivity index (χ0) is 12.4. The number of hydrogen-bond donors (Lipinski definition) is 1. The first-order valence-electron chi connectivity index (χ1n) is 6.62. The number of carbonyl (C=O) groups is 2. The highest BCUT2D eigenvalue weighted by Gasteiger charge is 2.39. The summed E-state index contributed by atoms with van der Waals surface area (Å²) in [6, 6.07) is 0.513. The van der Waals surface area contributed by atoms with Crippen molar-refractivity contribution in [2.45, 2.75) is 45.6 Å². The van der Waals surface area contributed by atoms with Crippen LogP contribution in [0.3, 0.4) is 0 Å². The molecule has 2 rings (SSSR count). The third-order valence-electron chi connectivity index (χ3n) is 3.41. The number of likely N-dealkylation sites (tertiary alicyclic amines) is 1. The molecule has 0 aromatic carbocycles. The normalized spacial score (nSPS) is 24.5. The molecule has 2 amide bonds. The number of rotatable bonds is 5. The summed E-state index contributed by atoms with van der Waals surface area (Å²) in [5.41, 5.74) is 0. The van der Waals surface area contributed by atoms with Crippen LogP contribution >= 0.6 is 0 Å². The predicted octanol–water partition coefficient (Wildman–Crippen LogP) is 1.16. The summed E-state index contributed by atoms with van der Waals surface area (Å²) < 4.78 is 0. The summed E-state index contributed by atoms with van der Waals surface area (Å²) in [5, 5.41) is 2.94. The second-order valence-corrected chi connectivity index (χ2v) is 5.75. The van der Waals surface area contributed by atoms with E-state index in [0.29, 0.717) is 37.3 Å². The van der Waals surface area contributed by atoms with E-state index in [0.717, 1.165) is 19.4 Å². The van der Waals surface area contributed by atoms with Crippen LogP contribution in [0.25, 0.3) is 0 Å². The minimum Gasteiger partial charge on any atom is -0.356 e. The summed E-state index contributed by atoms with van der Waals surface area (Å²) in [6.07, 6.45) is 3.52. The number of nitrogens with zero attached hydrogens (tertiary/aromatic N) is 1. The molecule has 2 aliphatic rings. The van der Waals surface area contributed by atoms with Crippen molar-refractivity contribution in [1.82, 2.24) is 10.2 Å². The molecule has 1 unspecified atom stereocenters. The van der Waals surface area contributed by atoms with Crippen molar-refractivity contribution >= 4 is 11.8 Å². The van der Waals surface area contributed by atoms with Gasteiger partial charge in [0.25, 0.3) is 0 Å². The molecule has 96 valence electrons. The zero-order valence-corrected chi connectivity index (χ0v) is 10.7. The lowest BCUT2D eigenvalue weighted by atomic mass is 10.1. The molecule has 2 fully saturated rings. The second-order valence-electron chi connectivity index (χ2n) is 5.75. The number of nitrogens with one attached hydrogen (secondary N) is 1. The Balaban J connectivity index is 1.70. The summed E-state index contributed by atoms with van der Waals surface area (Å²) >= 11 is 0. The minimum absolute atomic E-state index is 0.109. The van der Waals surface area contributed by atoms with Gasteiger partial charge in [-0.05, 0) is 18.8 Å². The molecular formula is C13H22N2O2. The van der Waals surface area contributed by atoms with Crippen LogP contribution in [0.5, 0.6) is 0 Å². The van der Waals surface area contributed by atoms with Gasteiger partial charge in [0.05, 0.1) is 0 Å². The van der Waals surface area contributed by atoms with Crippen molar-refractivity contribution < 1.29 is 9.59 Å². The van der Waals surface area contributed by atoms with E-state index in [4.69, 9.17) is 0 Å². The van der Waals surface area contributed by atoms with E-state index in [1.54, 1.807) is 0 Å². The van der Waals surface area contributed by atoms with Crippen molar-refractivity contribution in [1.29, 1.82) is 0 Å².